The Morgan fingerprint density at radius 1 is 1.05 bits per heavy atom. The molecule has 0 aliphatic rings. The van der Waals surface area contributed by atoms with Gasteiger partial charge in [-0.25, -0.2) is 9.59 Å². The van der Waals surface area contributed by atoms with E-state index >= 15 is 0 Å². The first-order valence-corrected chi connectivity index (χ1v) is 13.8. The Balaban J connectivity index is 1.70. The SMILES string of the molecule is CCn1c(SCC(=O)Nc2sc(C(=O)OC)c(C)c2C(=O)OC)nnc1C(C)Oc1ccc(C(C)C)cc1. The molecule has 0 aliphatic carbocycles. The van der Waals surface area contributed by atoms with Crippen LogP contribution in [0.4, 0.5) is 5.00 Å². The van der Waals surface area contributed by atoms with Gasteiger partial charge in [-0.2, -0.15) is 0 Å². The molecule has 0 radical (unpaired) electrons. The van der Waals surface area contributed by atoms with E-state index in [2.05, 4.69) is 29.4 Å². The van der Waals surface area contributed by atoms with Crippen LogP contribution in [-0.2, 0) is 20.8 Å². The van der Waals surface area contributed by atoms with Crippen molar-refractivity contribution in [2.24, 2.45) is 0 Å². The van der Waals surface area contributed by atoms with Gasteiger partial charge >= 0.3 is 11.9 Å². The first-order valence-electron chi connectivity index (χ1n) is 12.0. The monoisotopic (exact) mass is 560 g/mol. The number of nitrogens with zero attached hydrogens (tertiary/aromatic N) is 3. The predicted octanol–water partition coefficient (Wildman–Crippen LogP) is 5.24. The third-order valence-corrected chi connectivity index (χ3v) is 7.93. The summed E-state index contributed by atoms with van der Waals surface area (Å²) in [5.74, 6) is 0.206. The average Bonchev–Trinajstić information content (AvgIpc) is 3.47. The molecule has 1 aromatic carbocycles. The van der Waals surface area contributed by atoms with E-state index < -0.39 is 11.9 Å². The second kappa shape index (κ2) is 12.9. The van der Waals surface area contributed by atoms with Crippen LogP contribution < -0.4 is 10.1 Å². The molecule has 38 heavy (non-hydrogen) atoms. The highest BCUT2D eigenvalue weighted by Crippen LogP contribution is 2.34. The summed E-state index contributed by atoms with van der Waals surface area (Å²) in [5, 5.41) is 12.1. The molecule has 0 bridgehead atoms. The van der Waals surface area contributed by atoms with Crippen LogP contribution in [0.25, 0.3) is 0 Å². The van der Waals surface area contributed by atoms with E-state index in [0.29, 0.717) is 29.0 Å². The van der Waals surface area contributed by atoms with Gasteiger partial charge in [0.15, 0.2) is 17.1 Å². The van der Waals surface area contributed by atoms with Gasteiger partial charge in [0.2, 0.25) is 5.91 Å². The maximum Gasteiger partial charge on any atom is 0.348 e. The number of hydrogen-bond donors (Lipinski definition) is 1. The topological polar surface area (TPSA) is 122 Å². The summed E-state index contributed by atoms with van der Waals surface area (Å²) in [6, 6.07) is 7.98. The molecule has 0 saturated heterocycles. The molecule has 0 aliphatic heterocycles. The van der Waals surface area contributed by atoms with E-state index in [9.17, 15) is 14.4 Å². The zero-order chi connectivity index (χ0) is 28.0. The third-order valence-electron chi connectivity index (χ3n) is 5.78. The fourth-order valence-corrected chi connectivity index (χ4v) is 5.66. The van der Waals surface area contributed by atoms with Crippen LogP contribution >= 0.6 is 23.1 Å². The molecule has 3 rings (SSSR count). The highest BCUT2D eigenvalue weighted by molar-refractivity contribution is 7.99. The number of methoxy groups -OCH3 is 2. The van der Waals surface area contributed by atoms with E-state index in [1.807, 2.05) is 42.7 Å². The van der Waals surface area contributed by atoms with Gasteiger partial charge in [0.25, 0.3) is 0 Å². The second-order valence-electron chi connectivity index (χ2n) is 8.65. The van der Waals surface area contributed by atoms with Crippen molar-refractivity contribution in [2.75, 3.05) is 25.3 Å². The van der Waals surface area contributed by atoms with Gasteiger partial charge in [-0.15, -0.1) is 21.5 Å². The van der Waals surface area contributed by atoms with Crippen molar-refractivity contribution < 1.29 is 28.6 Å². The minimum atomic E-state index is -0.653. The predicted molar refractivity (Wildman–Crippen MR) is 146 cm³/mol. The first kappa shape index (κ1) is 29.2. The van der Waals surface area contributed by atoms with Crippen molar-refractivity contribution >= 4 is 45.9 Å². The summed E-state index contributed by atoms with van der Waals surface area (Å²) in [6.45, 7) is 10.3. The van der Waals surface area contributed by atoms with Crippen LogP contribution in [0.3, 0.4) is 0 Å². The number of thiophene rings is 1. The molecule has 12 heteroatoms. The minimum Gasteiger partial charge on any atom is -0.483 e. The quantitative estimate of drug-likeness (QED) is 0.248. The molecule has 2 aromatic heterocycles. The summed E-state index contributed by atoms with van der Waals surface area (Å²) in [5.41, 5.74) is 1.75. The Labute approximate surface area is 230 Å². The zero-order valence-corrected chi connectivity index (χ0v) is 24.1. The number of benzene rings is 1. The summed E-state index contributed by atoms with van der Waals surface area (Å²) >= 11 is 2.17. The molecule has 10 nitrogen and oxygen atoms in total. The van der Waals surface area contributed by atoms with Crippen LogP contribution in [0.2, 0.25) is 0 Å². The van der Waals surface area contributed by atoms with Gasteiger partial charge in [0.05, 0.1) is 25.5 Å². The lowest BCUT2D eigenvalue weighted by molar-refractivity contribution is -0.113. The average molecular weight is 561 g/mol. The molecule has 0 saturated carbocycles. The van der Waals surface area contributed by atoms with Crippen LogP contribution in [0.1, 0.15) is 76.7 Å². The number of amides is 1. The van der Waals surface area contributed by atoms with Gasteiger partial charge in [-0.05, 0) is 49.9 Å². The highest BCUT2D eigenvalue weighted by atomic mass is 32.2. The molecule has 204 valence electrons. The largest absolute Gasteiger partial charge is 0.483 e. The number of esters is 2. The molecule has 1 unspecified atom stereocenters. The number of nitrogens with one attached hydrogen (secondary N) is 1. The minimum absolute atomic E-state index is 0.00908. The molecule has 0 spiro atoms. The standard InChI is InChI=1S/C26H32N4O6S2/c1-8-30-22(16(5)36-18-11-9-17(10-12-18)14(2)3)28-29-26(30)37-13-19(31)27-23-20(24(32)34-6)15(4)21(38-23)25(33)35-7/h9-12,14,16H,8,13H2,1-7H3,(H,27,31). The molecule has 0 fully saturated rings. The van der Waals surface area contributed by atoms with Gasteiger partial charge < -0.3 is 24.1 Å². The Kier molecular flexibility index (Phi) is 9.92. The number of ether oxygens (including phenoxy) is 3. The van der Waals surface area contributed by atoms with Gasteiger partial charge in [-0.1, -0.05) is 37.7 Å². The van der Waals surface area contributed by atoms with E-state index in [-0.39, 0.29) is 33.2 Å². The number of carbonyl (C=O) groups excluding carboxylic acids is 3. The maximum absolute atomic E-state index is 12.8. The first-order chi connectivity index (χ1) is 18.1. The number of rotatable bonds is 11. The Bertz CT molecular complexity index is 1300. The van der Waals surface area contributed by atoms with E-state index in [4.69, 9.17) is 14.2 Å². The van der Waals surface area contributed by atoms with Crippen LogP contribution in [0.15, 0.2) is 29.4 Å². The summed E-state index contributed by atoms with van der Waals surface area (Å²) < 4.78 is 17.6. The van der Waals surface area contributed by atoms with E-state index in [1.165, 1.54) is 31.5 Å². The normalized spacial score (nSPS) is 11.8. The maximum atomic E-state index is 12.8. The molecule has 3 aromatic rings. The third kappa shape index (κ3) is 6.54. The number of thioether (sulfide) groups is 1. The number of carbonyl (C=O) groups is 3. The van der Waals surface area contributed by atoms with Gasteiger partial charge in [-0.3, -0.25) is 4.79 Å². The van der Waals surface area contributed by atoms with Gasteiger partial charge in [0, 0.05) is 6.54 Å². The lowest BCUT2D eigenvalue weighted by Gasteiger charge is -2.16. The highest BCUT2D eigenvalue weighted by Gasteiger charge is 2.27. The molecular formula is C26H32N4O6S2. The van der Waals surface area contributed by atoms with Gasteiger partial charge in [0.1, 0.15) is 15.6 Å². The lowest BCUT2D eigenvalue weighted by Crippen LogP contribution is -2.17. The lowest BCUT2D eigenvalue weighted by atomic mass is 10.0. The molecule has 1 amide bonds. The fourth-order valence-electron chi connectivity index (χ4n) is 3.72. The van der Waals surface area contributed by atoms with Crippen molar-refractivity contribution in [1.29, 1.82) is 0 Å². The summed E-state index contributed by atoms with van der Waals surface area (Å²) in [4.78, 5) is 37.4. The molecular weight excluding hydrogens is 528 g/mol. The van der Waals surface area contributed by atoms with Crippen molar-refractivity contribution in [3.63, 3.8) is 0 Å². The summed E-state index contributed by atoms with van der Waals surface area (Å²) in [6.07, 6.45) is -0.357. The van der Waals surface area contributed by atoms with E-state index in [1.54, 1.807) is 6.92 Å². The molecule has 1 atom stereocenters. The number of hydrogen-bond acceptors (Lipinski definition) is 10. The molecule has 1 N–H and O–H groups in total. The van der Waals surface area contributed by atoms with Crippen LogP contribution in [0, 0.1) is 6.92 Å². The number of aromatic nitrogens is 3. The number of anilines is 1. The van der Waals surface area contributed by atoms with Crippen molar-refractivity contribution in [1.82, 2.24) is 14.8 Å². The second-order valence-corrected chi connectivity index (χ2v) is 10.6. The van der Waals surface area contributed by atoms with E-state index in [0.717, 1.165) is 17.1 Å². The van der Waals surface area contributed by atoms with Crippen LogP contribution in [-0.4, -0.2) is 52.6 Å². The Morgan fingerprint density at radius 3 is 2.29 bits per heavy atom. The summed E-state index contributed by atoms with van der Waals surface area (Å²) in [7, 11) is 2.49. The van der Waals surface area contributed by atoms with Crippen molar-refractivity contribution in [2.45, 2.75) is 58.3 Å². The smallest absolute Gasteiger partial charge is 0.348 e. The fraction of sp³-hybridized carbons (Fsp3) is 0.423. The van der Waals surface area contributed by atoms with Crippen LogP contribution in [0.5, 0.6) is 5.75 Å². The van der Waals surface area contributed by atoms with Crippen molar-refractivity contribution in [3.05, 3.63) is 51.7 Å². The molecule has 2 heterocycles. The van der Waals surface area contributed by atoms with Crippen molar-refractivity contribution in [3.8, 4) is 5.75 Å². The Morgan fingerprint density at radius 2 is 1.71 bits per heavy atom. The Hall–Kier alpha value is -3.38. The zero-order valence-electron chi connectivity index (χ0n) is 22.5.